The minimum atomic E-state index is -0.00410. The summed E-state index contributed by atoms with van der Waals surface area (Å²) in [5, 5.41) is 1.89. The van der Waals surface area contributed by atoms with E-state index in [1.54, 1.807) is 23.8 Å². The Hall–Kier alpha value is -2.42. The molecule has 0 saturated carbocycles. The molecule has 3 aromatic rings. The Morgan fingerprint density at radius 1 is 1.07 bits per heavy atom. The standard InChI is InChI=1S/C20H24N4O3S/c1-26-17-2-4-18(5-3-17)27-12-10-22-6-8-23(9-7-22)15-16-14-19(25)24-11-13-28-20(24)21-16/h2-5,11,13-14H,6-10,12,15H2,1H3. The van der Waals surface area contributed by atoms with Crippen LogP contribution in [0.5, 0.6) is 11.5 Å². The van der Waals surface area contributed by atoms with Gasteiger partial charge in [-0.15, -0.1) is 11.3 Å². The third-order valence-electron chi connectivity index (χ3n) is 4.94. The third kappa shape index (κ3) is 4.52. The van der Waals surface area contributed by atoms with Crippen LogP contribution in [0.2, 0.25) is 0 Å². The van der Waals surface area contributed by atoms with Crippen molar-refractivity contribution in [1.29, 1.82) is 0 Å². The number of ether oxygens (including phenoxy) is 2. The zero-order valence-electron chi connectivity index (χ0n) is 15.9. The van der Waals surface area contributed by atoms with Crippen molar-refractivity contribution in [3.8, 4) is 11.5 Å². The van der Waals surface area contributed by atoms with Crippen LogP contribution in [-0.4, -0.2) is 65.6 Å². The van der Waals surface area contributed by atoms with Crippen LogP contribution < -0.4 is 15.0 Å². The highest BCUT2D eigenvalue weighted by atomic mass is 32.1. The predicted molar refractivity (Wildman–Crippen MR) is 110 cm³/mol. The highest BCUT2D eigenvalue weighted by Gasteiger charge is 2.18. The summed E-state index contributed by atoms with van der Waals surface area (Å²) < 4.78 is 12.6. The summed E-state index contributed by atoms with van der Waals surface area (Å²) in [6.07, 6.45) is 1.77. The Kier molecular flexibility index (Phi) is 5.90. The van der Waals surface area contributed by atoms with Gasteiger partial charge in [0.05, 0.1) is 12.8 Å². The number of nitrogens with zero attached hydrogens (tertiary/aromatic N) is 4. The highest BCUT2D eigenvalue weighted by molar-refractivity contribution is 7.15. The third-order valence-corrected chi connectivity index (χ3v) is 5.70. The smallest absolute Gasteiger partial charge is 0.258 e. The minimum Gasteiger partial charge on any atom is -0.497 e. The van der Waals surface area contributed by atoms with E-state index >= 15 is 0 Å². The fourth-order valence-corrected chi connectivity index (χ4v) is 4.07. The van der Waals surface area contributed by atoms with Gasteiger partial charge < -0.3 is 9.47 Å². The van der Waals surface area contributed by atoms with Crippen molar-refractivity contribution in [1.82, 2.24) is 19.2 Å². The van der Waals surface area contributed by atoms with Gasteiger partial charge in [-0.05, 0) is 24.3 Å². The van der Waals surface area contributed by atoms with Crippen molar-refractivity contribution in [2.24, 2.45) is 0 Å². The maximum absolute atomic E-state index is 12.1. The number of aromatic nitrogens is 2. The Morgan fingerprint density at radius 3 is 2.54 bits per heavy atom. The maximum Gasteiger partial charge on any atom is 0.258 e. The second-order valence-electron chi connectivity index (χ2n) is 6.78. The highest BCUT2D eigenvalue weighted by Crippen LogP contribution is 2.17. The van der Waals surface area contributed by atoms with Crippen molar-refractivity contribution in [3.63, 3.8) is 0 Å². The summed E-state index contributed by atoms with van der Waals surface area (Å²) >= 11 is 1.49. The van der Waals surface area contributed by atoms with E-state index in [1.165, 1.54) is 11.3 Å². The van der Waals surface area contributed by atoms with Gasteiger partial charge in [-0.3, -0.25) is 19.0 Å². The number of piperazine rings is 1. The van der Waals surface area contributed by atoms with Crippen LogP contribution in [0, 0.1) is 0 Å². The second-order valence-corrected chi connectivity index (χ2v) is 7.66. The second kappa shape index (κ2) is 8.72. The van der Waals surface area contributed by atoms with Crippen LogP contribution in [0.4, 0.5) is 0 Å². The predicted octanol–water partition coefficient (Wildman–Crippen LogP) is 1.96. The lowest BCUT2D eigenvalue weighted by Crippen LogP contribution is -2.47. The first-order valence-electron chi connectivity index (χ1n) is 9.38. The molecule has 28 heavy (non-hydrogen) atoms. The molecule has 8 heteroatoms. The molecule has 3 heterocycles. The number of thiazole rings is 1. The van der Waals surface area contributed by atoms with Crippen LogP contribution in [-0.2, 0) is 6.54 Å². The van der Waals surface area contributed by atoms with E-state index in [-0.39, 0.29) is 5.56 Å². The van der Waals surface area contributed by atoms with Crippen molar-refractivity contribution in [3.05, 3.63) is 58.0 Å². The molecule has 0 unspecified atom stereocenters. The Bertz CT molecular complexity index is 961. The summed E-state index contributed by atoms with van der Waals surface area (Å²) in [5.41, 5.74) is 0.847. The van der Waals surface area contributed by atoms with Gasteiger partial charge in [-0.2, -0.15) is 0 Å². The fourth-order valence-electron chi connectivity index (χ4n) is 3.33. The van der Waals surface area contributed by atoms with E-state index in [9.17, 15) is 4.79 Å². The first-order chi connectivity index (χ1) is 13.7. The number of methoxy groups -OCH3 is 1. The largest absolute Gasteiger partial charge is 0.497 e. The van der Waals surface area contributed by atoms with Gasteiger partial charge in [0.25, 0.3) is 5.56 Å². The molecule has 0 aliphatic carbocycles. The maximum atomic E-state index is 12.1. The zero-order valence-corrected chi connectivity index (χ0v) is 16.7. The molecule has 7 nitrogen and oxygen atoms in total. The average molecular weight is 401 g/mol. The van der Waals surface area contributed by atoms with Crippen LogP contribution in [0.15, 0.2) is 46.7 Å². The van der Waals surface area contributed by atoms with Gasteiger partial charge in [-0.1, -0.05) is 0 Å². The molecule has 2 aromatic heterocycles. The van der Waals surface area contributed by atoms with Crippen molar-refractivity contribution in [2.75, 3.05) is 46.4 Å². The van der Waals surface area contributed by atoms with Gasteiger partial charge in [0.15, 0.2) is 4.96 Å². The molecule has 148 valence electrons. The van der Waals surface area contributed by atoms with Gasteiger partial charge in [0.1, 0.15) is 18.1 Å². The van der Waals surface area contributed by atoms with E-state index in [1.807, 2.05) is 29.6 Å². The van der Waals surface area contributed by atoms with E-state index in [4.69, 9.17) is 9.47 Å². The van der Waals surface area contributed by atoms with Crippen LogP contribution in [0.25, 0.3) is 4.96 Å². The van der Waals surface area contributed by atoms with Gasteiger partial charge in [-0.25, -0.2) is 4.98 Å². The van der Waals surface area contributed by atoms with E-state index < -0.39 is 0 Å². The van der Waals surface area contributed by atoms with E-state index in [0.717, 1.165) is 61.4 Å². The zero-order chi connectivity index (χ0) is 19.3. The van der Waals surface area contributed by atoms with Crippen LogP contribution >= 0.6 is 11.3 Å². The molecular weight excluding hydrogens is 376 g/mol. The molecule has 0 amide bonds. The first-order valence-corrected chi connectivity index (χ1v) is 10.3. The monoisotopic (exact) mass is 400 g/mol. The quantitative estimate of drug-likeness (QED) is 0.604. The molecule has 1 saturated heterocycles. The van der Waals surface area contributed by atoms with Crippen molar-refractivity contribution < 1.29 is 9.47 Å². The molecule has 0 bridgehead atoms. The molecular formula is C20H24N4O3S. The van der Waals surface area contributed by atoms with Crippen molar-refractivity contribution in [2.45, 2.75) is 6.54 Å². The van der Waals surface area contributed by atoms with Crippen LogP contribution in [0.3, 0.4) is 0 Å². The molecule has 1 aliphatic heterocycles. The lowest BCUT2D eigenvalue weighted by atomic mass is 10.3. The molecule has 1 aromatic carbocycles. The molecule has 1 aliphatic rings. The van der Waals surface area contributed by atoms with E-state index in [2.05, 4.69) is 14.8 Å². The SMILES string of the molecule is COc1ccc(OCCN2CCN(Cc3cc(=O)n4ccsc4n3)CC2)cc1. The summed E-state index contributed by atoms with van der Waals surface area (Å²) in [4.78, 5) is 22.2. The Morgan fingerprint density at radius 2 is 1.79 bits per heavy atom. The first kappa shape index (κ1) is 18.9. The van der Waals surface area contributed by atoms with Crippen LogP contribution in [0.1, 0.15) is 5.69 Å². The summed E-state index contributed by atoms with van der Waals surface area (Å²) in [5.74, 6) is 1.69. The molecule has 1 fully saturated rings. The fraction of sp³-hybridized carbons (Fsp3) is 0.400. The molecule has 0 radical (unpaired) electrons. The van der Waals surface area contributed by atoms with Gasteiger partial charge >= 0.3 is 0 Å². The summed E-state index contributed by atoms with van der Waals surface area (Å²) in [7, 11) is 1.66. The number of fused-ring (bicyclic) bond motifs is 1. The summed E-state index contributed by atoms with van der Waals surface area (Å²) in [6.45, 7) is 6.21. The number of hydrogen-bond acceptors (Lipinski definition) is 7. The van der Waals surface area contributed by atoms with Gasteiger partial charge in [0.2, 0.25) is 0 Å². The lowest BCUT2D eigenvalue weighted by molar-refractivity contribution is 0.111. The lowest BCUT2D eigenvalue weighted by Gasteiger charge is -2.34. The average Bonchev–Trinajstić information content (AvgIpc) is 3.19. The Labute approximate surface area is 167 Å². The minimum absolute atomic E-state index is 0.00410. The number of rotatable bonds is 7. The van der Waals surface area contributed by atoms with Gasteiger partial charge in [0, 0.05) is 56.9 Å². The molecule has 0 N–H and O–H groups in total. The topological polar surface area (TPSA) is 59.3 Å². The number of hydrogen-bond donors (Lipinski definition) is 0. The molecule has 0 spiro atoms. The Balaban J connectivity index is 1.22. The molecule has 0 atom stereocenters. The van der Waals surface area contributed by atoms with E-state index in [0.29, 0.717) is 6.61 Å². The summed E-state index contributed by atoms with van der Waals surface area (Å²) in [6, 6.07) is 9.31. The van der Waals surface area contributed by atoms with Crippen molar-refractivity contribution >= 4 is 16.3 Å². The molecule has 4 rings (SSSR count). The normalized spacial score (nSPS) is 15.8. The number of benzene rings is 1.